The molecular formula is C23H21N3O5. The van der Waals surface area contributed by atoms with Crippen LogP contribution in [0.15, 0.2) is 53.3 Å². The van der Waals surface area contributed by atoms with Crippen LogP contribution in [0.4, 0.5) is 5.69 Å². The van der Waals surface area contributed by atoms with Gasteiger partial charge >= 0.3 is 0 Å². The summed E-state index contributed by atoms with van der Waals surface area (Å²) in [7, 11) is 3.04. The summed E-state index contributed by atoms with van der Waals surface area (Å²) >= 11 is 0. The van der Waals surface area contributed by atoms with E-state index >= 15 is 0 Å². The van der Waals surface area contributed by atoms with Gasteiger partial charge in [-0.3, -0.25) is 9.59 Å². The Balaban J connectivity index is 1.76. The number of carbonyl (C=O) groups is 1. The fourth-order valence-electron chi connectivity index (χ4n) is 3.00. The number of hydrogen-bond donors (Lipinski definition) is 2. The number of pyridine rings is 1. The second-order valence-corrected chi connectivity index (χ2v) is 6.61. The Morgan fingerprint density at radius 1 is 1.06 bits per heavy atom. The molecule has 3 rings (SSSR count). The number of methoxy groups -OCH3 is 2. The normalized spacial score (nSPS) is 10.1. The standard InChI is InChI=1S/C23H21N3O5/c1-14-10-18(19(12-24)23(28)25-14)15-4-9-20(21(11-15)30-3)31-13-22(27)26-16-5-7-17(29-2)8-6-16/h4-11H,13H2,1-3H3,(H,25,28)(H,26,27). The highest BCUT2D eigenvalue weighted by atomic mass is 16.5. The van der Waals surface area contributed by atoms with Crippen LogP contribution >= 0.6 is 0 Å². The van der Waals surface area contributed by atoms with Crippen LogP contribution in [-0.2, 0) is 4.79 Å². The summed E-state index contributed by atoms with van der Waals surface area (Å²) in [6.07, 6.45) is 0. The molecule has 0 saturated carbocycles. The maximum atomic E-state index is 12.2. The van der Waals surface area contributed by atoms with Crippen molar-refractivity contribution in [1.29, 1.82) is 5.26 Å². The van der Waals surface area contributed by atoms with Crippen LogP contribution in [0.1, 0.15) is 11.3 Å². The number of aromatic amines is 1. The summed E-state index contributed by atoms with van der Waals surface area (Å²) in [4.78, 5) is 26.9. The van der Waals surface area contributed by atoms with Crippen LogP contribution < -0.4 is 25.1 Å². The maximum Gasteiger partial charge on any atom is 0.266 e. The number of carbonyl (C=O) groups excluding carboxylic acids is 1. The molecule has 2 aromatic carbocycles. The number of H-pyrrole nitrogens is 1. The average Bonchev–Trinajstić information content (AvgIpc) is 2.77. The Kier molecular flexibility index (Phi) is 6.58. The van der Waals surface area contributed by atoms with E-state index in [0.717, 1.165) is 0 Å². The summed E-state index contributed by atoms with van der Waals surface area (Å²) < 4.78 is 16.1. The number of rotatable bonds is 7. The minimum absolute atomic E-state index is 0.0141. The highest BCUT2D eigenvalue weighted by Crippen LogP contribution is 2.33. The molecule has 0 fully saturated rings. The predicted octanol–water partition coefficient (Wildman–Crippen LogP) is 3.26. The molecule has 2 N–H and O–H groups in total. The van der Waals surface area contributed by atoms with Gasteiger partial charge in [-0.15, -0.1) is 0 Å². The van der Waals surface area contributed by atoms with Gasteiger partial charge in [-0.2, -0.15) is 5.26 Å². The second-order valence-electron chi connectivity index (χ2n) is 6.61. The molecule has 0 aliphatic carbocycles. The number of nitrogens with one attached hydrogen (secondary N) is 2. The van der Waals surface area contributed by atoms with Gasteiger partial charge in [0.2, 0.25) is 0 Å². The third-order valence-electron chi connectivity index (χ3n) is 4.49. The molecule has 0 bridgehead atoms. The maximum absolute atomic E-state index is 12.2. The highest BCUT2D eigenvalue weighted by molar-refractivity contribution is 5.92. The second kappa shape index (κ2) is 9.50. The van der Waals surface area contributed by atoms with Crippen molar-refractivity contribution >= 4 is 11.6 Å². The minimum atomic E-state index is -0.452. The Bertz CT molecular complexity index is 1190. The topological polar surface area (TPSA) is 113 Å². The molecule has 158 valence electrons. The van der Waals surface area contributed by atoms with Gasteiger partial charge in [-0.05, 0) is 55.0 Å². The molecule has 0 aliphatic rings. The fraction of sp³-hybridized carbons (Fsp3) is 0.174. The van der Waals surface area contributed by atoms with Crippen LogP contribution in [0.2, 0.25) is 0 Å². The lowest BCUT2D eigenvalue weighted by Gasteiger charge is -2.13. The number of ether oxygens (including phenoxy) is 3. The summed E-state index contributed by atoms with van der Waals surface area (Å²) in [6.45, 7) is 1.51. The zero-order valence-electron chi connectivity index (χ0n) is 17.3. The number of benzene rings is 2. The van der Waals surface area contributed by atoms with Gasteiger partial charge in [0.1, 0.15) is 17.4 Å². The molecule has 1 amide bonds. The zero-order chi connectivity index (χ0) is 22.4. The monoisotopic (exact) mass is 419 g/mol. The van der Waals surface area contributed by atoms with E-state index in [0.29, 0.717) is 39.8 Å². The molecule has 0 spiro atoms. The Labute approximate surface area is 179 Å². The van der Waals surface area contributed by atoms with Gasteiger partial charge in [0.25, 0.3) is 11.5 Å². The first-order valence-electron chi connectivity index (χ1n) is 9.34. The molecule has 0 radical (unpaired) electrons. The minimum Gasteiger partial charge on any atom is -0.497 e. The molecule has 0 unspecified atom stereocenters. The molecule has 8 nitrogen and oxygen atoms in total. The number of hydrogen-bond acceptors (Lipinski definition) is 6. The number of nitriles is 1. The lowest BCUT2D eigenvalue weighted by molar-refractivity contribution is -0.118. The number of amides is 1. The van der Waals surface area contributed by atoms with Gasteiger partial charge in [0.15, 0.2) is 18.1 Å². The summed E-state index contributed by atoms with van der Waals surface area (Å²) in [6, 6.07) is 15.6. The fourth-order valence-corrected chi connectivity index (χ4v) is 3.00. The van der Waals surface area contributed by atoms with Crippen LogP contribution in [0, 0.1) is 18.3 Å². The number of aromatic nitrogens is 1. The number of aryl methyl sites for hydroxylation is 1. The molecule has 0 saturated heterocycles. The first-order chi connectivity index (χ1) is 14.9. The largest absolute Gasteiger partial charge is 0.497 e. The quantitative estimate of drug-likeness (QED) is 0.608. The lowest BCUT2D eigenvalue weighted by Crippen LogP contribution is -2.20. The molecular weight excluding hydrogens is 398 g/mol. The van der Waals surface area contributed by atoms with Gasteiger partial charge in [-0.25, -0.2) is 0 Å². The molecule has 0 aliphatic heterocycles. The van der Waals surface area contributed by atoms with Crippen molar-refractivity contribution < 1.29 is 19.0 Å². The van der Waals surface area contributed by atoms with E-state index in [1.165, 1.54) is 7.11 Å². The van der Waals surface area contributed by atoms with Crippen molar-refractivity contribution in [2.45, 2.75) is 6.92 Å². The molecule has 0 atom stereocenters. The van der Waals surface area contributed by atoms with Gasteiger partial charge in [0.05, 0.1) is 14.2 Å². The van der Waals surface area contributed by atoms with E-state index in [1.54, 1.807) is 62.6 Å². The van der Waals surface area contributed by atoms with E-state index in [-0.39, 0.29) is 18.1 Å². The number of anilines is 1. The van der Waals surface area contributed by atoms with Crippen molar-refractivity contribution in [3.05, 3.63) is 70.1 Å². The summed E-state index contributed by atoms with van der Waals surface area (Å²) in [5, 5.41) is 12.1. The van der Waals surface area contributed by atoms with E-state index in [2.05, 4.69) is 10.3 Å². The van der Waals surface area contributed by atoms with Crippen molar-refractivity contribution in [3.63, 3.8) is 0 Å². The van der Waals surface area contributed by atoms with Crippen LogP contribution in [0.25, 0.3) is 11.1 Å². The van der Waals surface area contributed by atoms with Crippen LogP contribution in [0.5, 0.6) is 17.2 Å². The Hall–Kier alpha value is -4.25. The average molecular weight is 419 g/mol. The lowest BCUT2D eigenvalue weighted by atomic mass is 10.0. The van der Waals surface area contributed by atoms with Crippen LogP contribution in [0.3, 0.4) is 0 Å². The van der Waals surface area contributed by atoms with Crippen molar-refractivity contribution in [1.82, 2.24) is 4.98 Å². The molecule has 31 heavy (non-hydrogen) atoms. The number of nitrogens with zero attached hydrogens (tertiary/aromatic N) is 1. The summed E-state index contributed by atoms with van der Waals surface area (Å²) in [5.41, 5.74) is 1.93. The SMILES string of the molecule is COc1ccc(NC(=O)COc2ccc(-c3cc(C)[nH]c(=O)c3C#N)cc2OC)cc1. The third kappa shape index (κ3) is 5.03. The molecule has 1 aromatic heterocycles. The van der Waals surface area contributed by atoms with E-state index in [4.69, 9.17) is 14.2 Å². The van der Waals surface area contributed by atoms with Crippen LogP contribution in [-0.4, -0.2) is 31.7 Å². The van der Waals surface area contributed by atoms with Crippen molar-refractivity contribution in [2.24, 2.45) is 0 Å². The molecule has 8 heteroatoms. The molecule has 1 heterocycles. The predicted molar refractivity (Wildman–Crippen MR) is 116 cm³/mol. The smallest absolute Gasteiger partial charge is 0.266 e. The first kappa shape index (κ1) is 21.5. The van der Waals surface area contributed by atoms with Gasteiger partial charge in [0, 0.05) is 16.9 Å². The summed E-state index contributed by atoms with van der Waals surface area (Å²) in [5.74, 6) is 1.08. The Morgan fingerprint density at radius 3 is 2.45 bits per heavy atom. The zero-order valence-corrected chi connectivity index (χ0v) is 17.3. The first-order valence-corrected chi connectivity index (χ1v) is 9.34. The van der Waals surface area contributed by atoms with Gasteiger partial charge in [-0.1, -0.05) is 6.07 Å². The molecule has 3 aromatic rings. The van der Waals surface area contributed by atoms with E-state index in [9.17, 15) is 14.9 Å². The van der Waals surface area contributed by atoms with E-state index < -0.39 is 5.56 Å². The van der Waals surface area contributed by atoms with Gasteiger partial charge < -0.3 is 24.5 Å². The Morgan fingerprint density at radius 2 is 1.81 bits per heavy atom. The van der Waals surface area contributed by atoms with Crippen molar-refractivity contribution in [3.8, 4) is 34.4 Å². The highest BCUT2D eigenvalue weighted by Gasteiger charge is 2.14. The van der Waals surface area contributed by atoms with E-state index in [1.807, 2.05) is 6.07 Å². The third-order valence-corrected chi connectivity index (χ3v) is 4.49. The van der Waals surface area contributed by atoms with Crippen molar-refractivity contribution in [2.75, 3.05) is 26.1 Å².